The molecule has 7 nitrogen and oxygen atoms in total. The quantitative estimate of drug-likeness (QED) is 0.251. The molecule has 4 aliphatic carbocycles. The largest absolute Gasteiger partial charge is 0.423 e. The van der Waals surface area contributed by atoms with Crippen LogP contribution in [0.5, 0.6) is 11.5 Å². The van der Waals surface area contributed by atoms with Crippen molar-refractivity contribution in [2.75, 3.05) is 0 Å². The van der Waals surface area contributed by atoms with Gasteiger partial charge in [-0.25, -0.2) is 0 Å². The molecule has 254 valence electrons. The molecule has 2 N–H and O–H groups in total. The molecule has 0 saturated heterocycles. The van der Waals surface area contributed by atoms with Crippen molar-refractivity contribution in [3.63, 3.8) is 0 Å². The Kier molecular flexibility index (Phi) is 8.51. The molecule has 2 unspecified atom stereocenters. The Hall–Kier alpha value is -2.56. The van der Waals surface area contributed by atoms with Crippen LogP contribution in [0.4, 0.5) is 13.2 Å². The Morgan fingerprint density at radius 1 is 0.848 bits per heavy atom. The van der Waals surface area contributed by atoms with Crippen molar-refractivity contribution in [2.24, 2.45) is 39.2 Å². The van der Waals surface area contributed by atoms with Crippen LogP contribution in [-0.2, 0) is 24.6 Å². The fraction of sp³-hybridized carbons (Fsp3) is 0.714. The number of carbonyl (C=O) groups excluding carboxylic acids is 4. The fourth-order valence-corrected chi connectivity index (χ4v) is 11.3. The number of thioether (sulfide) groups is 1. The van der Waals surface area contributed by atoms with Gasteiger partial charge in [-0.2, -0.15) is 13.2 Å². The zero-order chi connectivity index (χ0) is 34.3. The molecule has 0 aliphatic heterocycles. The summed E-state index contributed by atoms with van der Waals surface area (Å²) in [6.45, 7) is 13.6. The first kappa shape index (κ1) is 34.8. The number of benzene rings is 1. The van der Waals surface area contributed by atoms with E-state index in [2.05, 4.69) is 27.7 Å². The first-order chi connectivity index (χ1) is 21.1. The summed E-state index contributed by atoms with van der Waals surface area (Å²) in [6, 6.07) is 3.27. The van der Waals surface area contributed by atoms with E-state index in [1.165, 1.54) is 13.8 Å². The molecule has 4 aliphatic rings. The molecular formula is C35H46F3NO6S. The number of amides is 1. The molecule has 0 spiro atoms. The van der Waals surface area contributed by atoms with Crippen molar-refractivity contribution in [2.45, 2.75) is 123 Å². The minimum absolute atomic E-state index is 0.00870. The molecule has 1 aromatic carbocycles. The molecule has 3 fully saturated rings. The highest BCUT2D eigenvalue weighted by Gasteiger charge is 2.69. The number of hydrogen-bond acceptors (Lipinski definition) is 7. The molecule has 1 aromatic rings. The normalized spacial score (nSPS) is 38.3. The summed E-state index contributed by atoms with van der Waals surface area (Å²) < 4.78 is 51.0. The highest BCUT2D eigenvalue weighted by Crippen LogP contribution is 2.76. The van der Waals surface area contributed by atoms with Gasteiger partial charge in [0.05, 0.1) is 0 Å². The number of carbonyl (C=O) groups is 4. The van der Waals surface area contributed by atoms with Crippen molar-refractivity contribution in [3.8, 4) is 11.5 Å². The van der Waals surface area contributed by atoms with Gasteiger partial charge in [0.1, 0.15) is 6.42 Å². The Bertz CT molecular complexity index is 1480. The van der Waals surface area contributed by atoms with Crippen molar-refractivity contribution < 1.29 is 41.8 Å². The summed E-state index contributed by atoms with van der Waals surface area (Å²) in [6.07, 6.45) is 0.0550. The SMILES string of the molecule is CC(=O)Oc1cc2c(cc1OC(C)=O)[C@]1(C)CC[C@@]3(C)[C@@H]4C[C@](C)(C(N)=O)CC[C@]4(C)CC[C@]3(C)C1CC2SC(=O)CC(F)(F)F. The van der Waals surface area contributed by atoms with Gasteiger partial charge in [-0.3, -0.25) is 19.2 Å². The maximum Gasteiger partial charge on any atom is 0.396 e. The Morgan fingerprint density at radius 2 is 1.39 bits per heavy atom. The number of halogens is 3. The van der Waals surface area contributed by atoms with Crippen LogP contribution in [-0.4, -0.2) is 29.1 Å². The maximum absolute atomic E-state index is 13.3. The summed E-state index contributed by atoms with van der Waals surface area (Å²) in [4.78, 5) is 49.7. The van der Waals surface area contributed by atoms with Gasteiger partial charge in [0.25, 0.3) is 0 Å². The zero-order valence-corrected chi connectivity index (χ0v) is 28.6. The number of fused-ring (bicyclic) bond motifs is 7. The van der Waals surface area contributed by atoms with Crippen molar-refractivity contribution in [1.29, 1.82) is 0 Å². The minimum atomic E-state index is -4.64. The van der Waals surface area contributed by atoms with E-state index >= 15 is 0 Å². The summed E-state index contributed by atoms with van der Waals surface area (Å²) in [5.41, 5.74) is 5.83. The van der Waals surface area contributed by atoms with Crippen LogP contribution in [0, 0.1) is 33.5 Å². The number of ether oxygens (including phenoxy) is 2. The van der Waals surface area contributed by atoms with Crippen LogP contribution >= 0.6 is 11.8 Å². The van der Waals surface area contributed by atoms with E-state index in [4.69, 9.17) is 15.2 Å². The van der Waals surface area contributed by atoms with Crippen LogP contribution in [0.1, 0.15) is 123 Å². The zero-order valence-electron chi connectivity index (χ0n) is 27.8. The van der Waals surface area contributed by atoms with E-state index in [1.54, 1.807) is 12.1 Å². The summed E-state index contributed by atoms with van der Waals surface area (Å²) in [5, 5.41) is -1.62. The smallest absolute Gasteiger partial charge is 0.396 e. The molecule has 1 amide bonds. The standard InChI is InChI=1S/C35H46F3NO6S/c1-19(40)44-23-14-21-22(15-24(23)45-20(2)41)32(5)11-13-34(7)27-17-31(4,29(39)43)9-8-30(27,3)10-12-33(34,6)26(32)16-25(21)46-28(42)18-35(36,37)38/h14-15,25-27H,8-13,16-18H2,1-7H3,(H2,39,43)/t25?,26?,27-,30-,31-,32+,33-,34+/m1/s1. The van der Waals surface area contributed by atoms with Crippen molar-refractivity contribution in [1.82, 2.24) is 0 Å². The van der Waals surface area contributed by atoms with Crippen LogP contribution in [0.25, 0.3) is 0 Å². The molecule has 5 rings (SSSR count). The van der Waals surface area contributed by atoms with Gasteiger partial charge in [-0.1, -0.05) is 46.4 Å². The first-order valence-corrected chi connectivity index (χ1v) is 17.1. The molecular weight excluding hydrogens is 619 g/mol. The van der Waals surface area contributed by atoms with E-state index in [0.29, 0.717) is 30.2 Å². The van der Waals surface area contributed by atoms with Gasteiger partial charge in [0.2, 0.25) is 5.91 Å². The van der Waals surface area contributed by atoms with E-state index < -0.39 is 45.7 Å². The Morgan fingerprint density at radius 3 is 1.96 bits per heavy atom. The average Bonchev–Trinajstić information content (AvgIpc) is 2.91. The van der Waals surface area contributed by atoms with Crippen molar-refractivity contribution >= 4 is 34.7 Å². The van der Waals surface area contributed by atoms with E-state index in [0.717, 1.165) is 44.1 Å². The number of rotatable bonds is 5. The second kappa shape index (κ2) is 11.3. The number of nitrogens with two attached hydrogens (primary N) is 1. The molecule has 46 heavy (non-hydrogen) atoms. The van der Waals surface area contributed by atoms with Crippen LogP contribution in [0.3, 0.4) is 0 Å². The number of hydrogen-bond donors (Lipinski definition) is 1. The fourth-order valence-electron chi connectivity index (χ4n) is 10.2. The van der Waals surface area contributed by atoms with Gasteiger partial charge in [-0.15, -0.1) is 0 Å². The van der Waals surface area contributed by atoms with Crippen molar-refractivity contribution in [3.05, 3.63) is 23.3 Å². The average molecular weight is 666 g/mol. The van der Waals surface area contributed by atoms with Gasteiger partial charge >= 0.3 is 18.1 Å². The number of esters is 2. The van der Waals surface area contributed by atoms with E-state index in [1.807, 2.05) is 6.92 Å². The predicted molar refractivity (Wildman–Crippen MR) is 168 cm³/mol. The molecule has 0 heterocycles. The van der Waals surface area contributed by atoms with E-state index in [9.17, 15) is 32.3 Å². The van der Waals surface area contributed by atoms with Crippen LogP contribution in [0.2, 0.25) is 0 Å². The summed E-state index contributed by atoms with van der Waals surface area (Å²) in [5.74, 6) is -1.32. The predicted octanol–water partition coefficient (Wildman–Crippen LogP) is 7.97. The Labute approximate surface area is 273 Å². The van der Waals surface area contributed by atoms with Gasteiger partial charge in [0.15, 0.2) is 16.6 Å². The molecule has 3 saturated carbocycles. The topological polar surface area (TPSA) is 113 Å². The number of primary amides is 1. The minimum Gasteiger partial charge on any atom is -0.423 e. The lowest BCUT2D eigenvalue weighted by Crippen LogP contribution is -2.65. The third kappa shape index (κ3) is 5.66. The maximum atomic E-state index is 13.3. The second-order valence-electron chi connectivity index (χ2n) is 15.7. The van der Waals surface area contributed by atoms with E-state index in [-0.39, 0.29) is 45.5 Å². The third-order valence-corrected chi connectivity index (χ3v) is 14.1. The lowest BCUT2D eigenvalue weighted by molar-refractivity contribution is -0.211. The highest BCUT2D eigenvalue weighted by atomic mass is 32.2. The highest BCUT2D eigenvalue weighted by molar-refractivity contribution is 8.13. The molecule has 0 aromatic heterocycles. The van der Waals surface area contributed by atoms with Gasteiger partial charge < -0.3 is 15.2 Å². The van der Waals surface area contributed by atoms with Gasteiger partial charge in [-0.05, 0) is 108 Å². The monoisotopic (exact) mass is 665 g/mol. The third-order valence-electron chi connectivity index (χ3n) is 13.0. The molecule has 0 radical (unpaired) electrons. The van der Waals surface area contributed by atoms with Crippen LogP contribution in [0.15, 0.2) is 12.1 Å². The molecule has 8 atom stereocenters. The lowest BCUT2D eigenvalue weighted by Gasteiger charge is -2.72. The first-order valence-electron chi connectivity index (χ1n) is 16.2. The summed E-state index contributed by atoms with van der Waals surface area (Å²) >= 11 is 0.686. The molecule has 0 bridgehead atoms. The van der Waals surface area contributed by atoms with Crippen LogP contribution < -0.4 is 15.2 Å². The number of alkyl halides is 3. The Balaban J connectivity index is 1.66. The summed E-state index contributed by atoms with van der Waals surface area (Å²) in [7, 11) is 0. The van der Waals surface area contributed by atoms with Gasteiger partial charge in [0, 0.05) is 24.5 Å². The molecule has 11 heteroatoms. The second-order valence-corrected chi connectivity index (χ2v) is 17.0. The lowest BCUT2D eigenvalue weighted by atomic mass is 9.32.